The summed E-state index contributed by atoms with van der Waals surface area (Å²) < 4.78 is 0. The van der Waals surface area contributed by atoms with E-state index >= 15 is 0 Å². The second kappa shape index (κ2) is 4.38. The Morgan fingerprint density at radius 3 is 2.33 bits per heavy atom. The van der Waals surface area contributed by atoms with Gasteiger partial charge in [0.2, 0.25) is 0 Å². The van der Waals surface area contributed by atoms with Crippen LogP contribution in [0.3, 0.4) is 0 Å². The van der Waals surface area contributed by atoms with Crippen molar-refractivity contribution in [1.29, 1.82) is 0 Å². The van der Waals surface area contributed by atoms with Gasteiger partial charge in [0.25, 0.3) is 5.91 Å². The smallest absolute Gasteiger partial charge is 0.274 e. The molecule has 0 saturated carbocycles. The third-order valence-electron chi connectivity index (χ3n) is 2.97. The van der Waals surface area contributed by atoms with Crippen molar-refractivity contribution in [3.63, 3.8) is 0 Å². The summed E-state index contributed by atoms with van der Waals surface area (Å²) in [6.45, 7) is 1.25. The lowest BCUT2D eigenvalue weighted by Crippen LogP contribution is -2.26. The molecule has 1 amide bonds. The minimum atomic E-state index is -0.115. The molecular weight excluding hydrogens is 250 g/mol. The molecule has 3 rings (SSSR count). The van der Waals surface area contributed by atoms with Gasteiger partial charge in [-0.2, -0.15) is 0 Å². The number of amides is 1. The van der Waals surface area contributed by atoms with Gasteiger partial charge in [-0.25, -0.2) is 9.97 Å². The van der Waals surface area contributed by atoms with Crippen molar-refractivity contribution < 1.29 is 4.79 Å². The van der Waals surface area contributed by atoms with E-state index in [4.69, 9.17) is 11.6 Å². The SMILES string of the molecule is O=C(c1cnc(Cl)cn1)N1Cc2ccccc2C1. The van der Waals surface area contributed by atoms with Gasteiger partial charge in [-0.15, -0.1) is 0 Å². The molecule has 0 aliphatic carbocycles. The first kappa shape index (κ1) is 11.2. The number of hydrogen-bond acceptors (Lipinski definition) is 3. The first-order chi connectivity index (χ1) is 8.74. The number of fused-ring (bicyclic) bond motifs is 1. The summed E-state index contributed by atoms with van der Waals surface area (Å²) in [6, 6.07) is 8.04. The third kappa shape index (κ3) is 1.95. The van der Waals surface area contributed by atoms with Gasteiger partial charge in [-0.1, -0.05) is 35.9 Å². The van der Waals surface area contributed by atoms with E-state index in [2.05, 4.69) is 9.97 Å². The molecule has 5 heteroatoms. The second-order valence-corrected chi connectivity index (χ2v) is 4.54. The van der Waals surface area contributed by atoms with Crippen LogP contribution in [0.1, 0.15) is 21.6 Å². The molecule has 2 aromatic rings. The zero-order valence-corrected chi connectivity index (χ0v) is 10.3. The number of hydrogen-bond donors (Lipinski definition) is 0. The van der Waals surface area contributed by atoms with Crippen LogP contribution in [0.25, 0.3) is 0 Å². The molecule has 0 N–H and O–H groups in total. The Labute approximate surface area is 109 Å². The van der Waals surface area contributed by atoms with E-state index in [0.29, 0.717) is 18.8 Å². The summed E-state index contributed by atoms with van der Waals surface area (Å²) >= 11 is 5.65. The van der Waals surface area contributed by atoms with E-state index in [0.717, 1.165) is 0 Å². The number of aromatic nitrogens is 2. The number of carbonyl (C=O) groups excluding carboxylic acids is 1. The van der Waals surface area contributed by atoms with Crippen molar-refractivity contribution in [2.75, 3.05) is 0 Å². The molecule has 4 nitrogen and oxygen atoms in total. The van der Waals surface area contributed by atoms with Crippen LogP contribution in [0, 0.1) is 0 Å². The van der Waals surface area contributed by atoms with Gasteiger partial charge < -0.3 is 4.90 Å². The topological polar surface area (TPSA) is 46.1 Å². The Morgan fingerprint density at radius 2 is 1.78 bits per heavy atom. The molecule has 0 spiro atoms. The molecule has 2 heterocycles. The van der Waals surface area contributed by atoms with Crippen molar-refractivity contribution in [2.24, 2.45) is 0 Å². The summed E-state index contributed by atoms with van der Waals surface area (Å²) in [4.78, 5) is 21.8. The predicted octanol–water partition coefficient (Wildman–Crippen LogP) is 2.29. The van der Waals surface area contributed by atoms with Crippen LogP contribution in [-0.2, 0) is 13.1 Å². The maximum Gasteiger partial charge on any atom is 0.274 e. The Morgan fingerprint density at radius 1 is 1.11 bits per heavy atom. The Hall–Kier alpha value is -1.94. The molecule has 18 heavy (non-hydrogen) atoms. The van der Waals surface area contributed by atoms with E-state index in [-0.39, 0.29) is 11.1 Å². The molecule has 1 aromatic heterocycles. The first-order valence-electron chi connectivity index (χ1n) is 5.57. The standard InChI is InChI=1S/C13H10ClN3O/c14-12-6-15-11(5-16-12)13(18)17-7-9-3-1-2-4-10(9)8-17/h1-6H,7-8H2. The fraction of sp³-hybridized carbons (Fsp3) is 0.154. The maximum atomic E-state index is 12.2. The van der Waals surface area contributed by atoms with Crippen LogP contribution < -0.4 is 0 Å². The molecule has 0 unspecified atom stereocenters. The third-order valence-corrected chi connectivity index (χ3v) is 3.16. The molecule has 0 bridgehead atoms. The molecule has 0 saturated heterocycles. The Kier molecular flexibility index (Phi) is 2.72. The number of carbonyl (C=O) groups is 1. The summed E-state index contributed by atoms with van der Waals surface area (Å²) in [5, 5.41) is 0.288. The molecule has 0 radical (unpaired) electrons. The highest BCUT2D eigenvalue weighted by molar-refractivity contribution is 6.29. The number of benzene rings is 1. The zero-order valence-electron chi connectivity index (χ0n) is 9.51. The molecule has 1 aromatic carbocycles. The Balaban J connectivity index is 1.82. The number of nitrogens with zero attached hydrogens (tertiary/aromatic N) is 3. The normalized spacial score (nSPS) is 13.5. The fourth-order valence-electron chi connectivity index (χ4n) is 2.06. The zero-order chi connectivity index (χ0) is 12.5. The van der Waals surface area contributed by atoms with Crippen molar-refractivity contribution in [3.05, 3.63) is 58.6 Å². The highest BCUT2D eigenvalue weighted by Crippen LogP contribution is 2.23. The monoisotopic (exact) mass is 259 g/mol. The fourth-order valence-corrected chi connectivity index (χ4v) is 2.16. The van der Waals surface area contributed by atoms with E-state index in [1.165, 1.54) is 23.5 Å². The lowest BCUT2D eigenvalue weighted by Gasteiger charge is -2.14. The summed E-state index contributed by atoms with van der Waals surface area (Å²) in [7, 11) is 0. The summed E-state index contributed by atoms with van der Waals surface area (Å²) in [5.74, 6) is -0.115. The van der Waals surface area contributed by atoms with Gasteiger partial charge in [0.05, 0.1) is 12.4 Å². The predicted molar refractivity (Wildman–Crippen MR) is 67.1 cm³/mol. The van der Waals surface area contributed by atoms with Crippen molar-refractivity contribution in [3.8, 4) is 0 Å². The van der Waals surface area contributed by atoms with Gasteiger partial charge in [0.1, 0.15) is 10.8 Å². The minimum absolute atomic E-state index is 0.115. The van der Waals surface area contributed by atoms with Gasteiger partial charge >= 0.3 is 0 Å². The number of halogens is 1. The largest absolute Gasteiger partial charge is 0.329 e. The molecule has 0 atom stereocenters. The average Bonchev–Trinajstić information content (AvgIpc) is 2.82. The highest BCUT2D eigenvalue weighted by Gasteiger charge is 2.24. The van der Waals surface area contributed by atoms with Crippen molar-refractivity contribution in [1.82, 2.24) is 14.9 Å². The van der Waals surface area contributed by atoms with Crippen LogP contribution >= 0.6 is 11.6 Å². The molecule has 1 aliphatic rings. The first-order valence-corrected chi connectivity index (χ1v) is 5.95. The maximum absolute atomic E-state index is 12.2. The average molecular weight is 260 g/mol. The van der Waals surface area contributed by atoms with Crippen LogP contribution in [0.15, 0.2) is 36.7 Å². The van der Waals surface area contributed by atoms with Crippen LogP contribution in [0.5, 0.6) is 0 Å². The summed E-state index contributed by atoms with van der Waals surface area (Å²) in [5.41, 5.74) is 2.70. The van der Waals surface area contributed by atoms with E-state index in [1.807, 2.05) is 24.3 Å². The quantitative estimate of drug-likeness (QED) is 0.789. The van der Waals surface area contributed by atoms with E-state index in [1.54, 1.807) is 4.90 Å². The lowest BCUT2D eigenvalue weighted by molar-refractivity contribution is 0.0745. The molecular formula is C13H10ClN3O. The molecule has 1 aliphatic heterocycles. The highest BCUT2D eigenvalue weighted by atomic mass is 35.5. The van der Waals surface area contributed by atoms with Gasteiger partial charge in [0, 0.05) is 13.1 Å². The van der Waals surface area contributed by atoms with Crippen molar-refractivity contribution >= 4 is 17.5 Å². The second-order valence-electron chi connectivity index (χ2n) is 4.15. The van der Waals surface area contributed by atoms with Crippen molar-refractivity contribution in [2.45, 2.75) is 13.1 Å². The molecule has 0 fully saturated rings. The lowest BCUT2D eigenvalue weighted by atomic mass is 10.1. The van der Waals surface area contributed by atoms with E-state index in [9.17, 15) is 4.79 Å². The van der Waals surface area contributed by atoms with Gasteiger partial charge in [-0.05, 0) is 11.1 Å². The van der Waals surface area contributed by atoms with Crippen LogP contribution in [0.2, 0.25) is 5.15 Å². The van der Waals surface area contributed by atoms with Gasteiger partial charge in [0.15, 0.2) is 0 Å². The Bertz CT molecular complexity index is 572. The van der Waals surface area contributed by atoms with E-state index < -0.39 is 0 Å². The summed E-state index contributed by atoms with van der Waals surface area (Å²) in [6.07, 6.45) is 2.80. The number of rotatable bonds is 1. The van der Waals surface area contributed by atoms with Crippen LogP contribution in [-0.4, -0.2) is 20.8 Å². The van der Waals surface area contributed by atoms with Gasteiger partial charge in [-0.3, -0.25) is 4.79 Å². The van der Waals surface area contributed by atoms with Crippen LogP contribution in [0.4, 0.5) is 0 Å². The minimum Gasteiger partial charge on any atom is -0.329 e. The molecule has 90 valence electrons.